The smallest absolute Gasteiger partial charge is 0.381 e. The summed E-state index contributed by atoms with van der Waals surface area (Å²) in [5.74, 6) is -0.367. The third-order valence-corrected chi connectivity index (χ3v) is 6.49. The molecule has 2 aliphatic heterocycles. The van der Waals surface area contributed by atoms with E-state index in [2.05, 4.69) is 15.3 Å². The number of likely N-dealkylation sites (tertiary alicyclic amines) is 1. The molecule has 2 aliphatic rings. The second-order valence-electron chi connectivity index (χ2n) is 8.18. The Kier molecular flexibility index (Phi) is 6.80. The van der Waals surface area contributed by atoms with E-state index < -0.39 is 22.9 Å². The fourth-order valence-corrected chi connectivity index (χ4v) is 4.43. The van der Waals surface area contributed by atoms with E-state index in [-0.39, 0.29) is 17.0 Å². The zero-order valence-corrected chi connectivity index (χ0v) is 17.6. The first-order valence-corrected chi connectivity index (χ1v) is 10.4. The Hall–Kier alpha value is -1.32. The Balaban J connectivity index is 1.68. The monoisotopic (exact) mass is 436 g/mol. The van der Waals surface area contributed by atoms with Crippen LogP contribution in [0.25, 0.3) is 0 Å². The number of ether oxygens (including phenoxy) is 1. The highest BCUT2D eigenvalue weighted by Crippen LogP contribution is 2.36. The Morgan fingerprint density at radius 2 is 1.93 bits per heavy atom. The number of hydrogen-bond donors (Lipinski definition) is 1. The molecule has 2 saturated heterocycles. The van der Waals surface area contributed by atoms with Crippen molar-refractivity contribution in [1.29, 1.82) is 0 Å². The van der Waals surface area contributed by atoms with Gasteiger partial charge in [0.15, 0.2) is 5.69 Å². The third-order valence-electron chi connectivity index (χ3n) is 6.04. The topological polar surface area (TPSA) is 59.4 Å². The minimum atomic E-state index is -4.66. The molecule has 0 aromatic carbocycles. The quantitative estimate of drug-likeness (QED) is 0.742. The van der Waals surface area contributed by atoms with Gasteiger partial charge in [-0.1, -0.05) is 11.6 Å². The molecule has 164 valence electrons. The minimum absolute atomic E-state index is 0.0775. The van der Waals surface area contributed by atoms with Gasteiger partial charge >= 0.3 is 6.18 Å². The predicted octanol–water partition coefficient (Wildman–Crippen LogP) is 3.43. The number of nitrogens with zero attached hydrogens (tertiary/aromatic N) is 3. The van der Waals surface area contributed by atoms with Gasteiger partial charge in [-0.05, 0) is 52.6 Å². The van der Waals surface area contributed by atoms with Gasteiger partial charge in [-0.25, -0.2) is 0 Å². The summed E-state index contributed by atoms with van der Waals surface area (Å²) in [6, 6.07) is -0.896. The first-order valence-electron chi connectivity index (χ1n) is 10.0. The van der Waals surface area contributed by atoms with Crippen molar-refractivity contribution >= 4 is 17.5 Å². The lowest BCUT2D eigenvalue weighted by Crippen LogP contribution is -2.49. The van der Waals surface area contributed by atoms with Crippen LogP contribution in [0, 0.1) is 12.3 Å². The number of halogens is 4. The van der Waals surface area contributed by atoms with Crippen molar-refractivity contribution in [1.82, 2.24) is 20.0 Å². The number of carbonyl (C=O) groups is 1. The lowest BCUT2D eigenvalue weighted by Gasteiger charge is -2.40. The number of alkyl halides is 3. The number of aromatic nitrogens is 2. The molecule has 1 aromatic rings. The van der Waals surface area contributed by atoms with E-state index in [1.165, 1.54) is 26.7 Å². The Labute approximate surface area is 173 Å². The fraction of sp³-hybridized carbons (Fsp3) is 0.789. The zero-order valence-electron chi connectivity index (χ0n) is 16.8. The summed E-state index contributed by atoms with van der Waals surface area (Å²) in [4.78, 5) is 15.2. The average molecular weight is 437 g/mol. The predicted molar refractivity (Wildman–Crippen MR) is 103 cm³/mol. The molecule has 1 amide bonds. The molecule has 0 aliphatic carbocycles. The lowest BCUT2D eigenvalue weighted by molar-refractivity contribution is -0.141. The first kappa shape index (κ1) is 22.4. The van der Waals surface area contributed by atoms with Crippen molar-refractivity contribution in [2.45, 2.75) is 51.7 Å². The second kappa shape index (κ2) is 8.81. The SMILES string of the molecule is Cc1c(Cl)c(C(F)(F)F)nn1C(C)C(=O)NCC1(CN2CCCC2)CCOCC1. The number of nitrogens with one attached hydrogen (secondary N) is 1. The molecule has 0 radical (unpaired) electrons. The van der Waals surface area contributed by atoms with Crippen molar-refractivity contribution in [3.05, 3.63) is 16.4 Å². The van der Waals surface area contributed by atoms with Gasteiger partial charge in [-0.3, -0.25) is 9.48 Å². The van der Waals surface area contributed by atoms with Gasteiger partial charge in [0.1, 0.15) is 6.04 Å². The van der Waals surface area contributed by atoms with Crippen molar-refractivity contribution in [2.24, 2.45) is 5.41 Å². The second-order valence-corrected chi connectivity index (χ2v) is 8.56. The summed E-state index contributed by atoms with van der Waals surface area (Å²) in [6.45, 7) is 7.77. The van der Waals surface area contributed by atoms with Crippen LogP contribution >= 0.6 is 11.6 Å². The van der Waals surface area contributed by atoms with Gasteiger partial charge < -0.3 is 15.0 Å². The van der Waals surface area contributed by atoms with E-state index in [1.54, 1.807) is 0 Å². The van der Waals surface area contributed by atoms with Gasteiger partial charge in [0.2, 0.25) is 5.91 Å². The molecular formula is C19H28ClF3N4O2. The molecule has 1 aromatic heterocycles. The maximum Gasteiger partial charge on any atom is 0.436 e. The first-order chi connectivity index (χ1) is 13.6. The summed E-state index contributed by atoms with van der Waals surface area (Å²) >= 11 is 5.81. The summed E-state index contributed by atoms with van der Waals surface area (Å²) in [5, 5.41) is 6.06. The van der Waals surface area contributed by atoms with Crippen LogP contribution in [0.1, 0.15) is 50.0 Å². The molecule has 6 nitrogen and oxygen atoms in total. The standard InChI is InChI=1S/C19H28ClF3N4O2/c1-13-15(20)16(19(21,22)23)25-27(13)14(2)17(28)24-11-18(5-9-29-10-6-18)12-26-7-3-4-8-26/h14H,3-12H2,1-2H3,(H,24,28). The van der Waals surface area contributed by atoms with Gasteiger partial charge in [-0.2, -0.15) is 18.3 Å². The maximum atomic E-state index is 13.1. The van der Waals surface area contributed by atoms with Crippen LogP contribution in [0.5, 0.6) is 0 Å². The van der Waals surface area contributed by atoms with Crippen LogP contribution in [-0.2, 0) is 15.7 Å². The Bertz CT molecular complexity index is 726. The van der Waals surface area contributed by atoms with Gasteiger partial charge in [-0.15, -0.1) is 0 Å². The molecule has 1 unspecified atom stereocenters. The van der Waals surface area contributed by atoms with E-state index in [9.17, 15) is 18.0 Å². The highest BCUT2D eigenvalue weighted by Gasteiger charge is 2.40. The van der Waals surface area contributed by atoms with Crippen molar-refractivity contribution in [3.63, 3.8) is 0 Å². The van der Waals surface area contributed by atoms with E-state index in [4.69, 9.17) is 16.3 Å². The third kappa shape index (κ3) is 5.06. The number of hydrogen-bond acceptors (Lipinski definition) is 4. The molecule has 29 heavy (non-hydrogen) atoms. The van der Waals surface area contributed by atoms with Crippen LogP contribution in [0.4, 0.5) is 13.2 Å². The highest BCUT2D eigenvalue weighted by molar-refractivity contribution is 6.32. The van der Waals surface area contributed by atoms with Crippen molar-refractivity contribution in [2.75, 3.05) is 39.4 Å². The molecule has 1 atom stereocenters. The summed E-state index contributed by atoms with van der Waals surface area (Å²) in [7, 11) is 0. The van der Waals surface area contributed by atoms with Gasteiger partial charge in [0.25, 0.3) is 0 Å². The molecule has 3 rings (SSSR count). The molecule has 1 N–H and O–H groups in total. The molecule has 0 spiro atoms. The average Bonchev–Trinajstić information content (AvgIpc) is 3.28. The molecule has 0 bridgehead atoms. The van der Waals surface area contributed by atoms with E-state index in [1.807, 2.05) is 0 Å². The fourth-order valence-electron chi connectivity index (χ4n) is 4.20. The molecule has 3 heterocycles. The van der Waals surface area contributed by atoms with E-state index >= 15 is 0 Å². The van der Waals surface area contributed by atoms with Crippen molar-refractivity contribution < 1.29 is 22.7 Å². The number of amides is 1. The van der Waals surface area contributed by atoms with E-state index in [0.717, 1.165) is 37.2 Å². The largest absolute Gasteiger partial charge is 0.436 e. The zero-order chi connectivity index (χ0) is 21.2. The molecule has 2 fully saturated rings. The minimum Gasteiger partial charge on any atom is -0.381 e. The number of carbonyl (C=O) groups excluding carboxylic acids is 1. The normalized spacial score (nSPS) is 21.3. The van der Waals surface area contributed by atoms with Gasteiger partial charge in [0, 0.05) is 31.7 Å². The van der Waals surface area contributed by atoms with Crippen LogP contribution < -0.4 is 5.32 Å². The molecule has 0 saturated carbocycles. The summed E-state index contributed by atoms with van der Waals surface area (Å²) in [6.07, 6.45) is -0.578. The molecular weight excluding hydrogens is 409 g/mol. The van der Waals surface area contributed by atoms with E-state index in [0.29, 0.717) is 19.8 Å². The summed E-state index contributed by atoms with van der Waals surface area (Å²) < 4.78 is 45.8. The molecule has 10 heteroatoms. The number of rotatable bonds is 6. The summed E-state index contributed by atoms with van der Waals surface area (Å²) in [5.41, 5.74) is -1.11. The lowest BCUT2D eigenvalue weighted by atomic mass is 9.79. The maximum absolute atomic E-state index is 13.1. The van der Waals surface area contributed by atoms with Gasteiger partial charge in [0.05, 0.1) is 10.7 Å². The van der Waals surface area contributed by atoms with Crippen LogP contribution in [0.3, 0.4) is 0 Å². The van der Waals surface area contributed by atoms with Crippen molar-refractivity contribution in [3.8, 4) is 0 Å². The van der Waals surface area contributed by atoms with Crippen LogP contribution in [-0.4, -0.2) is 60.0 Å². The Morgan fingerprint density at radius 3 is 2.48 bits per heavy atom. The highest BCUT2D eigenvalue weighted by atomic mass is 35.5. The van der Waals surface area contributed by atoms with Crippen LogP contribution in [0.2, 0.25) is 5.02 Å². The van der Waals surface area contributed by atoms with Crippen LogP contribution in [0.15, 0.2) is 0 Å². The Morgan fingerprint density at radius 1 is 1.31 bits per heavy atom.